The van der Waals surface area contributed by atoms with E-state index in [1.165, 1.54) is 13.3 Å². The van der Waals surface area contributed by atoms with Crippen LogP contribution >= 0.6 is 0 Å². The predicted molar refractivity (Wildman–Crippen MR) is 88.2 cm³/mol. The lowest BCUT2D eigenvalue weighted by Gasteiger charge is -2.20. The van der Waals surface area contributed by atoms with Crippen LogP contribution in [-0.2, 0) is 14.3 Å². The first kappa shape index (κ1) is 18.7. The van der Waals surface area contributed by atoms with Crippen molar-refractivity contribution in [1.29, 1.82) is 0 Å². The summed E-state index contributed by atoms with van der Waals surface area (Å²) in [5.41, 5.74) is 0.347. The second-order valence-electron chi connectivity index (χ2n) is 5.27. The molecule has 0 saturated carbocycles. The highest BCUT2D eigenvalue weighted by Gasteiger charge is 2.29. The molecule has 0 bridgehead atoms. The molecule has 0 spiro atoms. The van der Waals surface area contributed by atoms with Crippen molar-refractivity contribution in [2.24, 2.45) is 0 Å². The van der Waals surface area contributed by atoms with E-state index in [4.69, 9.17) is 13.9 Å². The van der Waals surface area contributed by atoms with E-state index in [0.717, 1.165) is 0 Å². The van der Waals surface area contributed by atoms with Gasteiger partial charge in [-0.25, -0.2) is 19.6 Å². The summed E-state index contributed by atoms with van der Waals surface area (Å²) in [6, 6.07) is -1.07. The van der Waals surface area contributed by atoms with E-state index >= 15 is 0 Å². The number of hydrogen-bond donors (Lipinski definition) is 2. The van der Waals surface area contributed by atoms with E-state index < -0.39 is 24.1 Å². The highest BCUT2D eigenvalue weighted by atomic mass is 16.5. The van der Waals surface area contributed by atoms with Crippen LogP contribution in [0.25, 0.3) is 11.1 Å². The molecule has 9 nitrogen and oxygen atoms in total. The molecule has 2 aromatic rings. The van der Waals surface area contributed by atoms with Gasteiger partial charge in [-0.2, -0.15) is 0 Å². The molecule has 2 unspecified atom stereocenters. The average molecular weight is 351 g/mol. The quantitative estimate of drug-likeness (QED) is 0.713. The Hall–Kier alpha value is -2.68. The first-order chi connectivity index (χ1) is 11.9. The summed E-state index contributed by atoms with van der Waals surface area (Å²) < 4.78 is 15.5. The summed E-state index contributed by atoms with van der Waals surface area (Å²) in [4.78, 5) is 32.4. The van der Waals surface area contributed by atoms with Crippen molar-refractivity contribution >= 4 is 28.9 Å². The standard InChI is InChI=1S/C16H21N3O6/c1-5-23-15(21)10-9(4)25-14-11(10)13(17-7-18-14)19-12(8(3)20)16(22)24-6-2/h7-8,12,20H,5-6H2,1-4H3,(H,17,18,19). The summed E-state index contributed by atoms with van der Waals surface area (Å²) in [6.45, 7) is 6.77. The fourth-order valence-electron chi connectivity index (χ4n) is 2.36. The highest BCUT2D eigenvalue weighted by Crippen LogP contribution is 2.30. The Morgan fingerprint density at radius 1 is 1.28 bits per heavy atom. The summed E-state index contributed by atoms with van der Waals surface area (Å²) in [7, 11) is 0. The van der Waals surface area contributed by atoms with Crippen molar-refractivity contribution in [3.8, 4) is 0 Å². The Morgan fingerprint density at radius 3 is 2.56 bits per heavy atom. The number of anilines is 1. The van der Waals surface area contributed by atoms with E-state index in [0.29, 0.717) is 5.76 Å². The second-order valence-corrected chi connectivity index (χ2v) is 5.27. The lowest BCUT2D eigenvalue weighted by atomic mass is 10.1. The highest BCUT2D eigenvalue weighted by molar-refractivity contribution is 6.08. The molecule has 0 aliphatic rings. The number of carbonyl (C=O) groups is 2. The molecule has 2 atom stereocenters. The molecule has 0 aliphatic carbocycles. The minimum Gasteiger partial charge on any atom is -0.464 e. The third-order valence-corrected chi connectivity index (χ3v) is 3.46. The van der Waals surface area contributed by atoms with Crippen LogP contribution in [0.2, 0.25) is 0 Å². The predicted octanol–water partition coefficient (Wildman–Crippen LogP) is 1.43. The van der Waals surface area contributed by atoms with Crippen LogP contribution in [-0.4, -0.2) is 52.4 Å². The van der Waals surface area contributed by atoms with E-state index in [1.54, 1.807) is 20.8 Å². The molecule has 25 heavy (non-hydrogen) atoms. The minimum absolute atomic E-state index is 0.168. The number of esters is 2. The second kappa shape index (κ2) is 7.93. The van der Waals surface area contributed by atoms with Crippen LogP contribution in [0.3, 0.4) is 0 Å². The number of hydrogen-bond acceptors (Lipinski definition) is 9. The number of carbonyl (C=O) groups excluding carboxylic acids is 2. The fraction of sp³-hybridized carbons (Fsp3) is 0.500. The van der Waals surface area contributed by atoms with E-state index in [2.05, 4.69) is 15.3 Å². The number of nitrogens with one attached hydrogen (secondary N) is 1. The van der Waals surface area contributed by atoms with Crippen molar-refractivity contribution in [3.05, 3.63) is 17.7 Å². The van der Waals surface area contributed by atoms with Crippen molar-refractivity contribution < 1.29 is 28.6 Å². The molecule has 0 aromatic carbocycles. The van der Waals surface area contributed by atoms with Crippen molar-refractivity contribution in [2.45, 2.75) is 39.8 Å². The van der Waals surface area contributed by atoms with Crippen LogP contribution < -0.4 is 5.32 Å². The van der Waals surface area contributed by atoms with Crippen molar-refractivity contribution in [2.75, 3.05) is 18.5 Å². The molecule has 9 heteroatoms. The normalized spacial score (nSPS) is 13.3. The molecular weight excluding hydrogens is 330 g/mol. The van der Waals surface area contributed by atoms with Crippen LogP contribution in [0.15, 0.2) is 10.7 Å². The van der Waals surface area contributed by atoms with Gasteiger partial charge in [0, 0.05) is 0 Å². The van der Waals surface area contributed by atoms with E-state index in [9.17, 15) is 14.7 Å². The molecule has 0 amide bonds. The maximum absolute atomic E-state index is 12.2. The smallest absolute Gasteiger partial charge is 0.342 e. The van der Waals surface area contributed by atoms with Gasteiger partial charge < -0.3 is 24.3 Å². The molecule has 2 rings (SSSR count). The van der Waals surface area contributed by atoms with Crippen LogP contribution in [0.5, 0.6) is 0 Å². The Labute approximate surface area is 144 Å². The molecule has 0 aliphatic heterocycles. The number of fused-ring (bicyclic) bond motifs is 1. The fourth-order valence-corrected chi connectivity index (χ4v) is 2.36. The third kappa shape index (κ3) is 3.87. The van der Waals surface area contributed by atoms with Gasteiger partial charge in [-0.15, -0.1) is 0 Å². The number of rotatable bonds is 7. The van der Waals surface area contributed by atoms with Crippen molar-refractivity contribution in [3.63, 3.8) is 0 Å². The molecule has 2 N–H and O–H groups in total. The van der Waals surface area contributed by atoms with Gasteiger partial charge in [0.1, 0.15) is 23.5 Å². The van der Waals surface area contributed by atoms with Gasteiger partial charge in [0.2, 0.25) is 5.71 Å². The maximum Gasteiger partial charge on any atom is 0.342 e. The number of aryl methyl sites for hydroxylation is 1. The summed E-state index contributed by atoms with van der Waals surface area (Å²) >= 11 is 0. The zero-order valence-corrected chi connectivity index (χ0v) is 14.5. The molecule has 0 fully saturated rings. The Morgan fingerprint density at radius 2 is 1.96 bits per heavy atom. The summed E-state index contributed by atoms with van der Waals surface area (Å²) in [6.07, 6.45) is 0.176. The Balaban J connectivity index is 2.50. The largest absolute Gasteiger partial charge is 0.464 e. The monoisotopic (exact) mass is 351 g/mol. The number of aliphatic hydroxyl groups excluding tert-OH is 1. The van der Waals surface area contributed by atoms with Crippen molar-refractivity contribution in [1.82, 2.24) is 9.97 Å². The van der Waals surface area contributed by atoms with E-state index in [1.807, 2.05) is 0 Å². The first-order valence-corrected chi connectivity index (χ1v) is 7.93. The maximum atomic E-state index is 12.2. The molecular formula is C16H21N3O6. The topological polar surface area (TPSA) is 124 Å². The lowest BCUT2D eigenvalue weighted by molar-refractivity contribution is -0.146. The Bertz CT molecular complexity index is 771. The SMILES string of the molecule is CCOC(=O)c1c(C)oc2ncnc(NC(C(=O)OCC)C(C)O)c12. The van der Waals surface area contributed by atoms with Gasteiger partial charge in [0.05, 0.1) is 24.7 Å². The Kier molecular flexibility index (Phi) is 5.92. The molecule has 0 radical (unpaired) electrons. The van der Waals surface area contributed by atoms with Gasteiger partial charge >= 0.3 is 11.9 Å². The molecule has 0 saturated heterocycles. The van der Waals surface area contributed by atoms with Crippen LogP contribution in [0, 0.1) is 6.92 Å². The number of furan rings is 1. The van der Waals surface area contributed by atoms with Crippen LogP contribution in [0.1, 0.15) is 36.9 Å². The zero-order valence-electron chi connectivity index (χ0n) is 14.5. The van der Waals surface area contributed by atoms with Gasteiger partial charge in [-0.1, -0.05) is 0 Å². The summed E-state index contributed by atoms with van der Waals surface area (Å²) in [5.74, 6) is -0.728. The third-order valence-electron chi connectivity index (χ3n) is 3.46. The van der Waals surface area contributed by atoms with E-state index in [-0.39, 0.29) is 35.7 Å². The van der Waals surface area contributed by atoms with Gasteiger partial charge in [-0.3, -0.25) is 0 Å². The average Bonchev–Trinajstić information content (AvgIpc) is 2.89. The number of aliphatic hydroxyl groups is 1. The van der Waals surface area contributed by atoms with Gasteiger partial charge in [0.25, 0.3) is 0 Å². The number of ether oxygens (including phenoxy) is 2. The minimum atomic E-state index is -1.07. The van der Waals surface area contributed by atoms with Gasteiger partial charge in [0.15, 0.2) is 6.04 Å². The molecule has 136 valence electrons. The number of aromatic nitrogens is 2. The molecule has 2 heterocycles. The lowest BCUT2D eigenvalue weighted by Crippen LogP contribution is -2.40. The zero-order chi connectivity index (χ0) is 18.6. The van der Waals surface area contributed by atoms with Crippen LogP contribution in [0.4, 0.5) is 5.82 Å². The first-order valence-electron chi connectivity index (χ1n) is 7.93. The number of nitrogens with zero attached hydrogens (tertiary/aromatic N) is 2. The van der Waals surface area contributed by atoms with Gasteiger partial charge in [-0.05, 0) is 27.7 Å². The summed E-state index contributed by atoms with van der Waals surface area (Å²) in [5, 5.41) is 13.0. The molecule has 2 aromatic heterocycles.